The monoisotopic (exact) mass is 204 g/mol. The topological polar surface area (TPSA) is 26.3 Å². The summed E-state index contributed by atoms with van der Waals surface area (Å²) < 4.78 is 19.5. The van der Waals surface area contributed by atoms with Crippen LogP contribution < -0.4 is 0 Å². The fraction of sp³-hybridized carbons (Fsp3) is 0.909. The van der Waals surface area contributed by atoms with Crippen LogP contribution in [0.4, 0.5) is 4.39 Å². The Bertz CT molecular complexity index is 207. The first-order valence-electron chi connectivity index (χ1n) is 4.91. The minimum absolute atomic E-state index is 0.355. The van der Waals surface area contributed by atoms with Crippen molar-refractivity contribution in [3.63, 3.8) is 0 Å². The lowest BCUT2D eigenvalue weighted by Gasteiger charge is -2.46. The SMILES string of the molecule is CCOC(C)(C)C(C)(C)C(C)(F)C=O. The maximum atomic E-state index is 14.0. The van der Waals surface area contributed by atoms with Gasteiger partial charge in [-0.1, -0.05) is 13.8 Å². The minimum atomic E-state index is -1.88. The van der Waals surface area contributed by atoms with Crippen molar-refractivity contribution in [2.75, 3.05) is 6.61 Å². The van der Waals surface area contributed by atoms with E-state index in [1.807, 2.05) is 6.92 Å². The van der Waals surface area contributed by atoms with Crippen molar-refractivity contribution in [2.45, 2.75) is 52.8 Å². The molecule has 14 heavy (non-hydrogen) atoms. The standard InChI is InChI=1S/C11H21FO2/c1-7-14-10(4,5)9(2,3)11(6,12)8-13/h8H,7H2,1-6H3. The first kappa shape index (κ1) is 13.6. The van der Waals surface area contributed by atoms with Crippen molar-refractivity contribution >= 4 is 6.29 Å². The highest BCUT2D eigenvalue weighted by molar-refractivity contribution is 5.63. The van der Waals surface area contributed by atoms with Gasteiger partial charge < -0.3 is 4.74 Å². The van der Waals surface area contributed by atoms with Crippen LogP contribution in [0.1, 0.15) is 41.5 Å². The Hall–Kier alpha value is -0.440. The van der Waals surface area contributed by atoms with Crippen LogP contribution in [0, 0.1) is 5.41 Å². The number of alkyl halides is 1. The van der Waals surface area contributed by atoms with E-state index in [1.165, 1.54) is 6.92 Å². The van der Waals surface area contributed by atoms with Crippen molar-refractivity contribution in [3.8, 4) is 0 Å². The van der Waals surface area contributed by atoms with Gasteiger partial charge in [0.25, 0.3) is 0 Å². The smallest absolute Gasteiger partial charge is 0.170 e. The Morgan fingerprint density at radius 2 is 1.64 bits per heavy atom. The van der Waals surface area contributed by atoms with Crippen molar-refractivity contribution in [2.24, 2.45) is 5.41 Å². The fourth-order valence-corrected chi connectivity index (χ4v) is 1.28. The zero-order valence-electron chi connectivity index (χ0n) is 9.98. The quantitative estimate of drug-likeness (QED) is 0.644. The van der Waals surface area contributed by atoms with E-state index >= 15 is 0 Å². The van der Waals surface area contributed by atoms with Crippen LogP contribution in [0.2, 0.25) is 0 Å². The number of carbonyl (C=O) groups excluding carboxylic acids is 1. The van der Waals surface area contributed by atoms with Gasteiger partial charge >= 0.3 is 0 Å². The first-order chi connectivity index (χ1) is 6.12. The molecule has 0 radical (unpaired) electrons. The van der Waals surface area contributed by atoms with Crippen LogP contribution in [0.25, 0.3) is 0 Å². The van der Waals surface area contributed by atoms with Gasteiger partial charge in [0.2, 0.25) is 0 Å². The Morgan fingerprint density at radius 1 is 1.21 bits per heavy atom. The molecule has 0 spiro atoms. The van der Waals surface area contributed by atoms with Crippen molar-refractivity contribution in [1.29, 1.82) is 0 Å². The van der Waals surface area contributed by atoms with Gasteiger partial charge in [-0.3, -0.25) is 4.79 Å². The third-order valence-electron chi connectivity index (χ3n) is 3.45. The molecule has 1 atom stereocenters. The van der Waals surface area contributed by atoms with Crippen LogP contribution in [0.5, 0.6) is 0 Å². The Balaban J connectivity index is 5.02. The third kappa shape index (κ3) is 2.14. The van der Waals surface area contributed by atoms with Gasteiger partial charge in [0.05, 0.1) is 5.60 Å². The molecule has 0 N–H and O–H groups in total. The normalized spacial score (nSPS) is 17.6. The number of halogens is 1. The number of rotatable bonds is 5. The summed E-state index contributed by atoms with van der Waals surface area (Å²) in [4.78, 5) is 10.7. The Morgan fingerprint density at radius 3 is 1.93 bits per heavy atom. The minimum Gasteiger partial charge on any atom is -0.375 e. The maximum absolute atomic E-state index is 14.0. The van der Waals surface area contributed by atoms with E-state index < -0.39 is 16.7 Å². The Kier molecular flexibility index (Phi) is 3.85. The highest BCUT2D eigenvalue weighted by Crippen LogP contribution is 2.44. The zero-order valence-corrected chi connectivity index (χ0v) is 9.98. The average molecular weight is 204 g/mol. The second kappa shape index (κ2) is 3.97. The Labute approximate surface area is 85.8 Å². The molecule has 0 aliphatic rings. The molecule has 2 nitrogen and oxygen atoms in total. The summed E-state index contributed by atoms with van der Waals surface area (Å²) in [6.07, 6.45) is 0.355. The average Bonchev–Trinajstić information content (AvgIpc) is 2.03. The van der Waals surface area contributed by atoms with Gasteiger partial charge in [0.15, 0.2) is 12.0 Å². The molecule has 0 rings (SSSR count). The van der Waals surface area contributed by atoms with Gasteiger partial charge in [-0.2, -0.15) is 0 Å². The summed E-state index contributed by atoms with van der Waals surface area (Å²) in [7, 11) is 0. The predicted octanol–water partition coefficient (Wildman–Crippen LogP) is 2.75. The van der Waals surface area contributed by atoms with Gasteiger partial charge in [0.1, 0.15) is 0 Å². The molecule has 0 aromatic rings. The second-order valence-electron chi connectivity index (χ2n) is 4.76. The van der Waals surface area contributed by atoms with Crippen LogP contribution in [0.3, 0.4) is 0 Å². The molecule has 0 amide bonds. The summed E-state index contributed by atoms with van der Waals surface area (Å²) in [5.41, 5.74) is -3.42. The summed E-state index contributed by atoms with van der Waals surface area (Å²) in [6.45, 7) is 10.7. The molecular formula is C11H21FO2. The fourth-order valence-electron chi connectivity index (χ4n) is 1.28. The van der Waals surface area contributed by atoms with E-state index in [4.69, 9.17) is 4.74 Å². The number of carbonyl (C=O) groups is 1. The molecule has 3 heteroatoms. The molecule has 0 saturated heterocycles. The number of aldehydes is 1. The first-order valence-corrected chi connectivity index (χ1v) is 4.91. The second-order valence-corrected chi connectivity index (χ2v) is 4.76. The molecule has 0 aliphatic carbocycles. The number of hydrogen-bond acceptors (Lipinski definition) is 2. The largest absolute Gasteiger partial charge is 0.375 e. The van der Waals surface area contributed by atoms with E-state index in [-0.39, 0.29) is 0 Å². The van der Waals surface area contributed by atoms with Crippen LogP contribution >= 0.6 is 0 Å². The third-order valence-corrected chi connectivity index (χ3v) is 3.45. The highest BCUT2D eigenvalue weighted by atomic mass is 19.1. The molecule has 0 aliphatic heterocycles. The molecule has 84 valence electrons. The van der Waals surface area contributed by atoms with Crippen LogP contribution in [-0.2, 0) is 9.53 Å². The summed E-state index contributed by atoms with van der Waals surface area (Å²) >= 11 is 0. The molecule has 0 saturated carbocycles. The number of ether oxygens (including phenoxy) is 1. The lowest BCUT2D eigenvalue weighted by molar-refractivity contribution is -0.160. The predicted molar refractivity (Wildman–Crippen MR) is 55.1 cm³/mol. The summed E-state index contributed by atoms with van der Waals surface area (Å²) in [6, 6.07) is 0. The van der Waals surface area contributed by atoms with Crippen molar-refractivity contribution in [1.82, 2.24) is 0 Å². The van der Waals surface area contributed by atoms with Crippen LogP contribution in [-0.4, -0.2) is 24.2 Å². The molecular weight excluding hydrogens is 183 g/mol. The lowest BCUT2D eigenvalue weighted by Crippen LogP contribution is -2.54. The van der Waals surface area contributed by atoms with E-state index in [0.717, 1.165) is 0 Å². The summed E-state index contributed by atoms with van der Waals surface area (Å²) in [5, 5.41) is 0. The van der Waals surface area contributed by atoms with Crippen molar-refractivity contribution < 1.29 is 13.9 Å². The van der Waals surface area contributed by atoms with E-state index in [2.05, 4.69) is 0 Å². The van der Waals surface area contributed by atoms with E-state index in [0.29, 0.717) is 12.9 Å². The van der Waals surface area contributed by atoms with Crippen LogP contribution in [0.15, 0.2) is 0 Å². The zero-order chi connectivity index (χ0) is 11.6. The molecule has 0 aromatic carbocycles. The summed E-state index contributed by atoms with van der Waals surface area (Å²) in [5.74, 6) is 0. The van der Waals surface area contributed by atoms with E-state index in [9.17, 15) is 9.18 Å². The molecule has 0 heterocycles. The maximum Gasteiger partial charge on any atom is 0.170 e. The lowest BCUT2D eigenvalue weighted by atomic mass is 9.67. The van der Waals surface area contributed by atoms with Crippen molar-refractivity contribution in [3.05, 3.63) is 0 Å². The molecule has 0 aromatic heterocycles. The number of hydrogen-bond donors (Lipinski definition) is 0. The van der Waals surface area contributed by atoms with Gasteiger partial charge in [-0.15, -0.1) is 0 Å². The van der Waals surface area contributed by atoms with Gasteiger partial charge in [0, 0.05) is 12.0 Å². The van der Waals surface area contributed by atoms with Gasteiger partial charge in [-0.25, -0.2) is 4.39 Å². The molecule has 0 fully saturated rings. The van der Waals surface area contributed by atoms with Gasteiger partial charge in [-0.05, 0) is 27.7 Å². The molecule has 0 bridgehead atoms. The molecule has 1 unspecified atom stereocenters. The highest BCUT2D eigenvalue weighted by Gasteiger charge is 2.52. The van der Waals surface area contributed by atoms with E-state index in [1.54, 1.807) is 27.7 Å².